The Hall–Kier alpha value is -2.63. The van der Waals surface area contributed by atoms with E-state index in [1.165, 1.54) is 5.56 Å². The van der Waals surface area contributed by atoms with Crippen molar-refractivity contribution in [1.29, 1.82) is 0 Å². The molecule has 2 fully saturated rings. The van der Waals surface area contributed by atoms with Gasteiger partial charge in [-0.05, 0) is 39.0 Å². The molecule has 1 aliphatic heterocycles. The van der Waals surface area contributed by atoms with Crippen LogP contribution >= 0.6 is 0 Å². The molecule has 1 saturated heterocycles. The molecule has 160 valence electrons. The standard InChI is InChI=1S/C24H30N2O4/c1-4-29-23(28)24(10-5-11-26(15-24)22(27)20-12-17(20)3)14-19-13-21(25-30-19)18-8-6-16(2)7-9-18/h6-9,13,17,20H,4-5,10-12,14-15H2,1-3H3/t17-,20+,24+/m1/s1. The summed E-state index contributed by atoms with van der Waals surface area (Å²) in [6.07, 6.45) is 2.79. The largest absolute Gasteiger partial charge is 0.466 e. The molecule has 1 amide bonds. The molecule has 3 atom stereocenters. The van der Waals surface area contributed by atoms with Crippen molar-refractivity contribution >= 4 is 11.9 Å². The number of aryl methyl sites for hydroxylation is 1. The molecule has 2 aliphatic rings. The van der Waals surface area contributed by atoms with Crippen LogP contribution in [0.1, 0.15) is 44.4 Å². The summed E-state index contributed by atoms with van der Waals surface area (Å²) in [5.74, 6) is 1.13. The van der Waals surface area contributed by atoms with Gasteiger partial charge >= 0.3 is 5.97 Å². The van der Waals surface area contributed by atoms with Crippen LogP contribution < -0.4 is 0 Å². The number of likely N-dealkylation sites (tertiary alicyclic amines) is 1. The molecule has 0 spiro atoms. The lowest BCUT2D eigenvalue weighted by Crippen LogP contribution is -2.52. The van der Waals surface area contributed by atoms with Gasteiger partial charge in [0.2, 0.25) is 5.91 Å². The Balaban J connectivity index is 1.56. The molecule has 6 nitrogen and oxygen atoms in total. The first-order valence-electron chi connectivity index (χ1n) is 10.9. The van der Waals surface area contributed by atoms with E-state index in [4.69, 9.17) is 9.26 Å². The van der Waals surface area contributed by atoms with Crippen LogP contribution in [0.25, 0.3) is 11.3 Å². The number of piperidine rings is 1. The number of aromatic nitrogens is 1. The lowest BCUT2D eigenvalue weighted by molar-refractivity contribution is -0.161. The van der Waals surface area contributed by atoms with E-state index in [2.05, 4.69) is 12.1 Å². The fourth-order valence-corrected chi connectivity index (χ4v) is 4.48. The number of hydrogen-bond donors (Lipinski definition) is 0. The highest BCUT2D eigenvalue weighted by Crippen LogP contribution is 2.42. The SMILES string of the molecule is CCOC(=O)[C@]1(Cc2cc(-c3ccc(C)cc3)no2)CCCN(C(=O)[C@H]2C[C@H]2C)C1. The smallest absolute Gasteiger partial charge is 0.314 e. The maximum absolute atomic E-state index is 13.0. The van der Waals surface area contributed by atoms with Gasteiger partial charge in [-0.3, -0.25) is 9.59 Å². The third-order valence-electron chi connectivity index (χ3n) is 6.44. The predicted molar refractivity (Wildman–Crippen MR) is 113 cm³/mol. The van der Waals surface area contributed by atoms with Gasteiger partial charge in [0, 0.05) is 37.1 Å². The van der Waals surface area contributed by atoms with Crippen LogP contribution in [0.3, 0.4) is 0 Å². The molecule has 4 rings (SSSR count). The second-order valence-corrected chi connectivity index (χ2v) is 8.90. The molecule has 1 aromatic carbocycles. The van der Waals surface area contributed by atoms with Crippen LogP contribution in [0.4, 0.5) is 0 Å². The molecule has 1 aliphatic carbocycles. The number of esters is 1. The summed E-state index contributed by atoms with van der Waals surface area (Å²) in [6.45, 7) is 7.36. The zero-order chi connectivity index (χ0) is 21.3. The molecule has 0 N–H and O–H groups in total. The van der Waals surface area contributed by atoms with E-state index < -0.39 is 5.41 Å². The van der Waals surface area contributed by atoms with Crippen molar-refractivity contribution in [1.82, 2.24) is 10.1 Å². The number of amides is 1. The van der Waals surface area contributed by atoms with Gasteiger partial charge in [-0.2, -0.15) is 0 Å². The van der Waals surface area contributed by atoms with Gasteiger partial charge in [-0.1, -0.05) is 41.9 Å². The topological polar surface area (TPSA) is 72.6 Å². The Bertz CT molecular complexity index is 920. The normalized spacial score (nSPS) is 25.8. The van der Waals surface area contributed by atoms with E-state index in [9.17, 15) is 9.59 Å². The second kappa shape index (κ2) is 8.25. The van der Waals surface area contributed by atoms with E-state index in [1.807, 2.05) is 49.1 Å². The second-order valence-electron chi connectivity index (χ2n) is 8.90. The predicted octanol–water partition coefficient (Wildman–Crippen LogP) is 4.02. The number of carbonyl (C=O) groups excluding carboxylic acids is 2. The highest BCUT2D eigenvalue weighted by atomic mass is 16.5. The van der Waals surface area contributed by atoms with Gasteiger partial charge in [0.1, 0.15) is 11.5 Å². The zero-order valence-corrected chi connectivity index (χ0v) is 18.0. The maximum atomic E-state index is 13.0. The van der Waals surface area contributed by atoms with Crippen molar-refractivity contribution in [2.75, 3.05) is 19.7 Å². The minimum atomic E-state index is -0.786. The molecule has 1 saturated carbocycles. The summed E-state index contributed by atoms with van der Waals surface area (Å²) < 4.78 is 11.1. The summed E-state index contributed by atoms with van der Waals surface area (Å²) in [7, 11) is 0. The molecular formula is C24H30N2O4. The van der Waals surface area contributed by atoms with Crippen molar-refractivity contribution in [2.24, 2.45) is 17.3 Å². The average molecular weight is 411 g/mol. The molecule has 0 unspecified atom stereocenters. The summed E-state index contributed by atoms with van der Waals surface area (Å²) in [5.41, 5.74) is 2.12. The van der Waals surface area contributed by atoms with Gasteiger partial charge in [-0.25, -0.2) is 0 Å². The minimum absolute atomic E-state index is 0.112. The number of nitrogens with zero attached hydrogens (tertiary/aromatic N) is 2. The van der Waals surface area contributed by atoms with Crippen molar-refractivity contribution in [3.05, 3.63) is 41.7 Å². The Morgan fingerprint density at radius 1 is 1.30 bits per heavy atom. The first kappa shape index (κ1) is 20.6. The van der Waals surface area contributed by atoms with E-state index >= 15 is 0 Å². The first-order valence-corrected chi connectivity index (χ1v) is 10.9. The number of ether oxygens (including phenoxy) is 1. The van der Waals surface area contributed by atoms with E-state index in [0.29, 0.717) is 44.2 Å². The van der Waals surface area contributed by atoms with Gasteiger partial charge in [0.15, 0.2) is 0 Å². The van der Waals surface area contributed by atoms with Crippen LogP contribution in [0, 0.1) is 24.2 Å². The average Bonchev–Trinajstić information content (AvgIpc) is 3.29. The fourth-order valence-electron chi connectivity index (χ4n) is 4.48. The summed E-state index contributed by atoms with van der Waals surface area (Å²) >= 11 is 0. The van der Waals surface area contributed by atoms with E-state index in [-0.39, 0.29) is 17.8 Å². The van der Waals surface area contributed by atoms with Crippen LogP contribution in [0.15, 0.2) is 34.9 Å². The first-order chi connectivity index (χ1) is 14.4. The van der Waals surface area contributed by atoms with Crippen LogP contribution in [0.5, 0.6) is 0 Å². The lowest BCUT2D eigenvalue weighted by Gasteiger charge is -2.40. The Kier molecular flexibility index (Phi) is 5.67. The minimum Gasteiger partial charge on any atom is -0.466 e. The molecule has 2 aromatic rings. The summed E-state index contributed by atoms with van der Waals surface area (Å²) in [5, 5.41) is 4.21. The van der Waals surface area contributed by atoms with E-state index in [0.717, 1.165) is 24.1 Å². The van der Waals surface area contributed by atoms with Crippen LogP contribution in [0.2, 0.25) is 0 Å². The third-order valence-corrected chi connectivity index (χ3v) is 6.44. The molecule has 6 heteroatoms. The van der Waals surface area contributed by atoms with E-state index in [1.54, 1.807) is 0 Å². The van der Waals surface area contributed by atoms with Crippen molar-refractivity contribution < 1.29 is 18.8 Å². The molecule has 0 radical (unpaired) electrons. The molecule has 2 heterocycles. The highest BCUT2D eigenvalue weighted by Gasteiger charge is 2.49. The van der Waals surface area contributed by atoms with Crippen LogP contribution in [-0.4, -0.2) is 41.6 Å². The van der Waals surface area contributed by atoms with Crippen molar-refractivity contribution in [3.63, 3.8) is 0 Å². The van der Waals surface area contributed by atoms with Crippen molar-refractivity contribution in [3.8, 4) is 11.3 Å². The monoisotopic (exact) mass is 410 g/mol. The van der Waals surface area contributed by atoms with Gasteiger partial charge in [0.25, 0.3) is 0 Å². The van der Waals surface area contributed by atoms with Gasteiger partial charge < -0.3 is 14.2 Å². The number of carbonyl (C=O) groups is 2. The lowest BCUT2D eigenvalue weighted by atomic mass is 9.76. The quantitative estimate of drug-likeness (QED) is 0.673. The number of hydrogen-bond acceptors (Lipinski definition) is 5. The Morgan fingerprint density at radius 2 is 2.03 bits per heavy atom. The Labute approximate surface area is 177 Å². The summed E-state index contributed by atoms with van der Waals surface area (Å²) in [4.78, 5) is 27.7. The zero-order valence-electron chi connectivity index (χ0n) is 18.0. The number of benzene rings is 1. The maximum Gasteiger partial charge on any atom is 0.314 e. The molecule has 0 bridgehead atoms. The fraction of sp³-hybridized carbons (Fsp3) is 0.542. The third kappa shape index (κ3) is 4.13. The highest BCUT2D eigenvalue weighted by molar-refractivity contribution is 5.84. The molecule has 1 aromatic heterocycles. The molecular weight excluding hydrogens is 380 g/mol. The molecule has 30 heavy (non-hydrogen) atoms. The van der Waals surface area contributed by atoms with Gasteiger partial charge in [-0.15, -0.1) is 0 Å². The van der Waals surface area contributed by atoms with Gasteiger partial charge in [0.05, 0.1) is 12.0 Å². The number of rotatable bonds is 6. The van der Waals surface area contributed by atoms with Crippen molar-refractivity contribution in [2.45, 2.75) is 46.5 Å². The Morgan fingerprint density at radius 3 is 2.70 bits per heavy atom. The van der Waals surface area contributed by atoms with Crippen LogP contribution in [-0.2, 0) is 20.7 Å². The summed E-state index contributed by atoms with van der Waals surface area (Å²) in [6, 6.07) is 9.99.